The zero-order valence-electron chi connectivity index (χ0n) is 17.4. The summed E-state index contributed by atoms with van der Waals surface area (Å²) in [6.07, 6.45) is 3.30. The number of nitrogens with one attached hydrogen (secondary N) is 2. The number of amides is 1. The summed E-state index contributed by atoms with van der Waals surface area (Å²) < 4.78 is 12.0. The van der Waals surface area contributed by atoms with Gasteiger partial charge < -0.3 is 35.4 Å². The maximum atomic E-state index is 13.3. The molecule has 0 aromatic carbocycles. The largest absolute Gasteiger partial charge is 0.388 e. The molecule has 4 aliphatic heterocycles. The van der Waals surface area contributed by atoms with Crippen molar-refractivity contribution in [3.63, 3.8) is 0 Å². The molecule has 0 aromatic heterocycles. The van der Waals surface area contributed by atoms with Gasteiger partial charge in [0.05, 0.1) is 12.1 Å². The van der Waals surface area contributed by atoms with Crippen molar-refractivity contribution in [1.29, 1.82) is 0 Å². The molecule has 0 spiro atoms. The smallest absolute Gasteiger partial charge is 0.240 e. The molecule has 4 aliphatic rings. The molecule has 0 radical (unpaired) electrons. The molecule has 10 atom stereocenters. The van der Waals surface area contributed by atoms with Crippen molar-refractivity contribution in [3.05, 3.63) is 12.2 Å². The second-order valence-electron chi connectivity index (χ2n) is 8.90. The molecule has 0 aliphatic carbocycles. The minimum Gasteiger partial charge on any atom is -0.388 e. The molecule has 3 fully saturated rings. The van der Waals surface area contributed by atoms with Crippen LogP contribution in [-0.4, -0.2) is 88.2 Å². The fraction of sp³-hybridized carbons (Fsp3) is 0.857. The Bertz CT molecular complexity index is 637. The molecule has 3 saturated heterocycles. The highest BCUT2D eigenvalue weighted by Crippen LogP contribution is 2.33. The summed E-state index contributed by atoms with van der Waals surface area (Å²) >= 11 is 1.41. The lowest BCUT2D eigenvalue weighted by atomic mass is 9.87. The monoisotopic (exact) mass is 442 g/mol. The highest BCUT2D eigenvalue weighted by atomic mass is 32.2. The van der Waals surface area contributed by atoms with E-state index in [-0.39, 0.29) is 17.9 Å². The Balaban J connectivity index is 1.53. The van der Waals surface area contributed by atoms with Crippen molar-refractivity contribution in [1.82, 2.24) is 10.6 Å². The summed E-state index contributed by atoms with van der Waals surface area (Å²) in [7, 11) is 0. The molecular weight excluding hydrogens is 408 g/mol. The fourth-order valence-corrected chi connectivity index (χ4v) is 6.08. The number of allylic oxidation sites excluding steroid dienone is 1. The minimum atomic E-state index is -1.32. The predicted molar refractivity (Wildman–Crippen MR) is 113 cm³/mol. The van der Waals surface area contributed by atoms with Crippen LogP contribution in [0.5, 0.6) is 0 Å². The van der Waals surface area contributed by atoms with E-state index in [4.69, 9.17) is 9.47 Å². The van der Waals surface area contributed by atoms with Gasteiger partial charge in [-0.15, -0.1) is 11.8 Å². The van der Waals surface area contributed by atoms with E-state index in [2.05, 4.69) is 16.7 Å². The number of rotatable bonds is 2. The number of hydrogen-bond acceptors (Lipinski definition) is 8. The van der Waals surface area contributed by atoms with Crippen LogP contribution in [0, 0.1) is 11.8 Å². The lowest BCUT2D eigenvalue weighted by molar-refractivity contribution is -0.207. The van der Waals surface area contributed by atoms with E-state index in [9.17, 15) is 20.1 Å². The van der Waals surface area contributed by atoms with Gasteiger partial charge in [-0.3, -0.25) is 4.79 Å². The van der Waals surface area contributed by atoms with Crippen molar-refractivity contribution in [2.24, 2.45) is 11.8 Å². The van der Waals surface area contributed by atoms with Crippen molar-refractivity contribution in [3.8, 4) is 0 Å². The first kappa shape index (κ1) is 22.5. The molecule has 2 bridgehead atoms. The molecule has 10 unspecified atom stereocenters. The van der Waals surface area contributed by atoms with E-state index in [1.807, 2.05) is 13.0 Å². The lowest BCUT2D eigenvalue weighted by Gasteiger charge is -2.45. The fourth-order valence-electron chi connectivity index (χ4n) is 5.01. The van der Waals surface area contributed by atoms with Crippen LogP contribution in [0.4, 0.5) is 0 Å². The summed E-state index contributed by atoms with van der Waals surface area (Å²) in [6, 6.07) is -0.986. The molecule has 4 heterocycles. The van der Waals surface area contributed by atoms with Gasteiger partial charge in [0.25, 0.3) is 0 Å². The van der Waals surface area contributed by atoms with Gasteiger partial charge in [0.2, 0.25) is 5.91 Å². The van der Waals surface area contributed by atoms with Gasteiger partial charge in [-0.05, 0) is 36.9 Å². The highest BCUT2D eigenvalue weighted by molar-refractivity contribution is 7.99. The van der Waals surface area contributed by atoms with Crippen molar-refractivity contribution < 1.29 is 29.6 Å². The van der Waals surface area contributed by atoms with Gasteiger partial charge in [0.15, 0.2) is 0 Å². The van der Waals surface area contributed by atoms with Crippen molar-refractivity contribution in [2.45, 2.75) is 80.6 Å². The molecule has 170 valence electrons. The number of ether oxygens (including phenoxy) is 2. The molecule has 30 heavy (non-hydrogen) atoms. The molecule has 0 aromatic rings. The molecule has 1 amide bonds. The van der Waals surface area contributed by atoms with E-state index in [1.165, 1.54) is 11.8 Å². The zero-order chi connectivity index (χ0) is 21.3. The normalized spacial score (nSPS) is 48.3. The Morgan fingerprint density at radius 1 is 1.17 bits per heavy atom. The minimum absolute atomic E-state index is 0.118. The van der Waals surface area contributed by atoms with Crippen LogP contribution in [0.2, 0.25) is 0 Å². The lowest BCUT2D eigenvalue weighted by Crippen LogP contribution is -2.65. The molecular formula is C21H34N2O6S. The highest BCUT2D eigenvalue weighted by Gasteiger charge is 2.49. The Morgan fingerprint density at radius 3 is 2.83 bits per heavy atom. The van der Waals surface area contributed by atoms with Gasteiger partial charge in [0, 0.05) is 13.2 Å². The number of carbonyl (C=O) groups is 1. The Hall–Kier alpha value is -0.680. The number of carbonyl (C=O) groups excluding carboxylic acids is 1. The number of aliphatic hydroxyl groups excluding tert-OH is 3. The van der Waals surface area contributed by atoms with E-state index in [0.29, 0.717) is 12.5 Å². The third-order valence-electron chi connectivity index (χ3n) is 6.80. The second kappa shape index (κ2) is 9.85. The summed E-state index contributed by atoms with van der Waals surface area (Å²) in [5.41, 5.74) is -0.648. The van der Waals surface area contributed by atoms with E-state index < -0.39 is 41.9 Å². The first-order valence-electron chi connectivity index (χ1n) is 11.1. The average molecular weight is 443 g/mol. The standard InChI is InChI=1S/C21H34N2O6S/c1-11-6-3-5-9-30-21-17(26)15(24)16(25)19(29-21)13(11)23-20(27)14-18-12(10-22-14)7-2-4-8-28-18/h3,6,11-19,21-22,24-26H,2,4-5,7-10H2,1H3,(H,23,27)/b6-3-. The van der Waals surface area contributed by atoms with Gasteiger partial charge >= 0.3 is 0 Å². The Kier molecular flexibility index (Phi) is 7.39. The Labute approximate surface area is 181 Å². The summed E-state index contributed by atoms with van der Waals surface area (Å²) in [4.78, 5) is 13.3. The third-order valence-corrected chi connectivity index (χ3v) is 7.99. The van der Waals surface area contributed by atoms with E-state index in [0.717, 1.165) is 38.0 Å². The van der Waals surface area contributed by atoms with Crippen LogP contribution in [0.15, 0.2) is 12.2 Å². The van der Waals surface area contributed by atoms with E-state index in [1.54, 1.807) is 0 Å². The number of hydrogen-bond donors (Lipinski definition) is 5. The summed E-state index contributed by atoms with van der Waals surface area (Å²) in [6.45, 7) is 3.39. The number of thioether (sulfide) groups is 1. The maximum Gasteiger partial charge on any atom is 0.240 e. The van der Waals surface area contributed by atoms with Gasteiger partial charge in [0.1, 0.15) is 35.9 Å². The summed E-state index contributed by atoms with van der Waals surface area (Å²) in [5.74, 6) is 0.780. The van der Waals surface area contributed by atoms with Gasteiger partial charge in [-0.25, -0.2) is 0 Å². The quantitative estimate of drug-likeness (QED) is 0.372. The first-order valence-corrected chi connectivity index (χ1v) is 12.2. The number of fused-ring (bicyclic) bond motifs is 3. The van der Waals surface area contributed by atoms with Crippen LogP contribution in [-0.2, 0) is 14.3 Å². The zero-order valence-corrected chi connectivity index (χ0v) is 18.2. The Morgan fingerprint density at radius 2 is 2.00 bits per heavy atom. The van der Waals surface area contributed by atoms with Crippen LogP contribution in [0.3, 0.4) is 0 Å². The topological polar surface area (TPSA) is 120 Å². The van der Waals surface area contributed by atoms with Crippen LogP contribution >= 0.6 is 11.8 Å². The van der Waals surface area contributed by atoms with Crippen LogP contribution < -0.4 is 10.6 Å². The van der Waals surface area contributed by atoms with Crippen molar-refractivity contribution in [2.75, 3.05) is 18.9 Å². The molecule has 5 N–H and O–H groups in total. The average Bonchev–Trinajstić information content (AvgIpc) is 3.00. The SMILES string of the molecule is CC1/C=C\CCSC2OC(C(O)C(O)C2O)C1NC(=O)C1NCC2CCCCOC21. The van der Waals surface area contributed by atoms with Crippen molar-refractivity contribution >= 4 is 17.7 Å². The predicted octanol–water partition coefficient (Wildman–Crippen LogP) is -0.235. The van der Waals surface area contributed by atoms with E-state index >= 15 is 0 Å². The molecule has 0 saturated carbocycles. The third kappa shape index (κ3) is 4.57. The first-order chi connectivity index (χ1) is 14.5. The van der Waals surface area contributed by atoms with Gasteiger partial charge in [-0.1, -0.05) is 25.5 Å². The van der Waals surface area contributed by atoms with Crippen LogP contribution in [0.1, 0.15) is 32.6 Å². The maximum absolute atomic E-state index is 13.3. The molecule has 9 heteroatoms. The second-order valence-corrected chi connectivity index (χ2v) is 10.1. The molecule has 8 nitrogen and oxygen atoms in total. The number of aliphatic hydroxyl groups is 3. The van der Waals surface area contributed by atoms with Gasteiger partial charge in [-0.2, -0.15) is 0 Å². The van der Waals surface area contributed by atoms with Crippen LogP contribution in [0.25, 0.3) is 0 Å². The summed E-state index contributed by atoms with van der Waals surface area (Å²) in [5, 5.41) is 37.8. The molecule has 4 rings (SSSR count).